The van der Waals surface area contributed by atoms with Gasteiger partial charge in [-0.05, 0) is 61.3 Å². The number of ether oxygens (including phenoxy) is 1. The van der Waals surface area contributed by atoms with Crippen LogP contribution in [0.25, 0.3) is 0 Å². The molecule has 0 fully saturated rings. The Hall–Kier alpha value is -1.31. The monoisotopic (exact) mass is 218 g/mol. The molecule has 0 bridgehead atoms. The summed E-state index contributed by atoms with van der Waals surface area (Å²) in [7, 11) is 0. The Morgan fingerprint density at radius 1 is 1.25 bits per heavy atom. The molecule has 2 heteroatoms. The van der Waals surface area contributed by atoms with Gasteiger partial charge < -0.3 is 4.74 Å². The first-order valence-corrected chi connectivity index (χ1v) is 5.85. The zero-order valence-electron chi connectivity index (χ0n) is 9.95. The Kier molecular flexibility index (Phi) is 3.28. The molecule has 0 aromatic heterocycles. The predicted molar refractivity (Wildman–Crippen MR) is 63.4 cm³/mol. The lowest BCUT2D eigenvalue weighted by Gasteiger charge is -2.06. The predicted octanol–water partition coefficient (Wildman–Crippen LogP) is 2.58. The van der Waals surface area contributed by atoms with Crippen molar-refractivity contribution in [1.82, 2.24) is 0 Å². The SMILES string of the molecule is Cc1cc2c(cc1C)CC(CCOC=O)C2. The van der Waals surface area contributed by atoms with Crippen molar-refractivity contribution in [1.29, 1.82) is 0 Å². The van der Waals surface area contributed by atoms with Gasteiger partial charge in [0.2, 0.25) is 0 Å². The Bertz CT molecular complexity index is 365. The Labute approximate surface area is 96.6 Å². The van der Waals surface area contributed by atoms with Gasteiger partial charge in [-0.15, -0.1) is 0 Å². The van der Waals surface area contributed by atoms with E-state index in [0.29, 0.717) is 19.0 Å². The first-order valence-electron chi connectivity index (χ1n) is 5.85. The zero-order valence-corrected chi connectivity index (χ0v) is 9.95. The molecule has 2 nitrogen and oxygen atoms in total. The van der Waals surface area contributed by atoms with Crippen LogP contribution in [0.15, 0.2) is 12.1 Å². The summed E-state index contributed by atoms with van der Waals surface area (Å²) in [5, 5.41) is 0. The standard InChI is InChI=1S/C14H18O2/c1-10-5-13-7-12(3-4-16-9-15)8-14(13)6-11(10)2/h5-6,9,12H,3-4,7-8H2,1-2H3. The van der Waals surface area contributed by atoms with Gasteiger partial charge in [-0.3, -0.25) is 4.79 Å². The van der Waals surface area contributed by atoms with Crippen LogP contribution < -0.4 is 0 Å². The van der Waals surface area contributed by atoms with Crippen molar-refractivity contribution < 1.29 is 9.53 Å². The second-order valence-electron chi connectivity index (χ2n) is 4.74. The highest BCUT2D eigenvalue weighted by atomic mass is 16.5. The molecule has 0 aliphatic heterocycles. The number of hydrogen-bond acceptors (Lipinski definition) is 2. The molecule has 0 N–H and O–H groups in total. The second-order valence-corrected chi connectivity index (χ2v) is 4.74. The lowest BCUT2D eigenvalue weighted by Crippen LogP contribution is -2.04. The third kappa shape index (κ3) is 2.26. The molecule has 0 saturated carbocycles. The lowest BCUT2D eigenvalue weighted by molar-refractivity contribution is -0.129. The van der Waals surface area contributed by atoms with Crippen LogP contribution in [0.3, 0.4) is 0 Å². The van der Waals surface area contributed by atoms with Crippen LogP contribution in [0.1, 0.15) is 28.7 Å². The molecular weight excluding hydrogens is 200 g/mol. The van der Waals surface area contributed by atoms with E-state index in [0.717, 1.165) is 19.3 Å². The Balaban J connectivity index is 2.01. The first kappa shape index (κ1) is 11.2. The quantitative estimate of drug-likeness (QED) is 0.573. The van der Waals surface area contributed by atoms with Crippen LogP contribution in [0.5, 0.6) is 0 Å². The third-order valence-electron chi connectivity index (χ3n) is 3.55. The van der Waals surface area contributed by atoms with Crippen LogP contribution >= 0.6 is 0 Å². The fourth-order valence-electron chi connectivity index (χ4n) is 2.50. The van der Waals surface area contributed by atoms with Gasteiger partial charge in [0, 0.05) is 0 Å². The fraction of sp³-hybridized carbons (Fsp3) is 0.500. The summed E-state index contributed by atoms with van der Waals surface area (Å²) in [5.41, 5.74) is 5.73. The minimum absolute atomic E-state index is 0.538. The maximum atomic E-state index is 10.1. The molecule has 0 saturated heterocycles. The van der Waals surface area contributed by atoms with Gasteiger partial charge in [-0.1, -0.05) is 12.1 Å². The van der Waals surface area contributed by atoms with Crippen molar-refractivity contribution in [2.24, 2.45) is 5.92 Å². The van der Waals surface area contributed by atoms with Crippen molar-refractivity contribution in [3.8, 4) is 0 Å². The summed E-state index contributed by atoms with van der Waals surface area (Å²) in [5.74, 6) is 0.649. The number of hydrogen-bond donors (Lipinski definition) is 0. The van der Waals surface area contributed by atoms with Crippen LogP contribution in [-0.2, 0) is 22.4 Å². The van der Waals surface area contributed by atoms with Crippen molar-refractivity contribution in [2.45, 2.75) is 33.1 Å². The molecule has 0 amide bonds. The number of rotatable bonds is 4. The summed E-state index contributed by atoms with van der Waals surface area (Å²) in [6.45, 7) is 5.42. The number of carbonyl (C=O) groups is 1. The van der Waals surface area contributed by atoms with Gasteiger partial charge in [-0.2, -0.15) is 0 Å². The lowest BCUT2D eigenvalue weighted by atomic mass is 10.0. The molecule has 1 aliphatic carbocycles. The smallest absolute Gasteiger partial charge is 0.293 e. The largest absolute Gasteiger partial charge is 0.468 e. The third-order valence-corrected chi connectivity index (χ3v) is 3.55. The fourth-order valence-corrected chi connectivity index (χ4v) is 2.50. The van der Waals surface area contributed by atoms with E-state index in [2.05, 4.69) is 26.0 Å². The van der Waals surface area contributed by atoms with E-state index in [1.807, 2.05) is 0 Å². The Morgan fingerprint density at radius 3 is 2.31 bits per heavy atom. The number of fused-ring (bicyclic) bond motifs is 1. The van der Waals surface area contributed by atoms with E-state index < -0.39 is 0 Å². The summed E-state index contributed by atoms with van der Waals surface area (Å²) >= 11 is 0. The number of benzene rings is 1. The summed E-state index contributed by atoms with van der Waals surface area (Å²) in [6.07, 6.45) is 3.25. The maximum absolute atomic E-state index is 10.1. The molecule has 0 unspecified atom stereocenters. The molecule has 0 spiro atoms. The molecule has 1 aliphatic rings. The molecule has 16 heavy (non-hydrogen) atoms. The van der Waals surface area contributed by atoms with Crippen molar-refractivity contribution in [3.63, 3.8) is 0 Å². The van der Waals surface area contributed by atoms with E-state index in [1.54, 1.807) is 0 Å². The van der Waals surface area contributed by atoms with Gasteiger partial charge in [0.1, 0.15) is 0 Å². The van der Waals surface area contributed by atoms with Crippen molar-refractivity contribution in [3.05, 3.63) is 34.4 Å². The van der Waals surface area contributed by atoms with E-state index in [4.69, 9.17) is 4.74 Å². The van der Waals surface area contributed by atoms with E-state index in [9.17, 15) is 4.79 Å². The normalized spacial score (nSPS) is 14.9. The molecule has 1 aromatic carbocycles. The van der Waals surface area contributed by atoms with Gasteiger partial charge in [0.25, 0.3) is 6.47 Å². The van der Waals surface area contributed by atoms with Gasteiger partial charge in [0.15, 0.2) is 0 Å². The van der Waals surface area contributed by atoms with Crippen LogP contribution in [-0.4, -0.2) is 13.1 Å². The molecule has 0 heterocycles. The first-order chi connectivity index (χ1) is 7.70. The highest BCUT2D eigenvalue weighted by Gasteiger charge is 2.21. The molecule has 86 valence electrons. The highest BCUT2D eigenvalue weighted by molar-refractivity contribution is 5.40. The Morgan fingerprint density at radius 2 is 1.81 bits per heavy atom. The van der Waals surface area contributed by atoms with E-state index in [-0.39, 0.29) is 0 Å². The summed E-state index contributed by atoms with van der Waals surface area (Å²) in [6, 6.07) is 4.62. The minimum Gasteiger partial charge on any atom is -0.468 e. The van der Waals surface area contributed by atoms with Crippen LogP contribution in [0.4, 0.5) is 0 Å². The molecule has 0 atom stereocenters. The van der Waals surface area contributed by atoms with Crippen LogP contribution in [0.2, 0.25) is 0 Å². The average Bonchev–Trinajstić information content (AvgIpc) is 2.61. The maximum Gasteiger partial charge on any atom is 0.293 e. The van der Waals surface area contributed by atoms with Crippen LogP contribution in [0, 0.1) is 19.8 Å². The molecule has 0 radical (unpaired) electrons. The summed E-state index contributed by atoms with van der Waals surface area (Å²) < 4.78 is 4.76. The molecule has 1 aromatic rings. The van der Waals surface area contributed by atoms with Gasteiger partial charge >= 0.3 is 0 Å². The number of carbonyl (C=O) groups excluding carboxylic acids is 1. The van der Waals surface area contributed by atoms with Crippen molar-refractivity contribution >= 4 is 6.47 Å². The average molecular weight is 218 g/mol. The topological polar surface area (TPSA) is 26.3 Å². The minimum atomic E-state index is 0.538. The summed E-state index contributed by atoms with van der Waals surface area (Å²) in [4.78, 5) is 10.1. The van der Waals surface area contributed by atoms with Gasteiger partial charge in [0.05, 0.1) is 6.61 Å². The number of aryl methyl sites for hydroxylation is 2. The van der Waals surface area contributed by atoms with E-state index >= 15 is 0 Å². The molecule has 2 rings (SSSR count). The van der Waals surface area contributed by atoms with E-state index in [1.165, 1.54) is 22.3 Å². The zero-order chi connectivity index (χ0) is 11.5. The van der Waals surface area contributed by atoms with Crippen molar-refractivity contribution in [2.75, 3.05) is 6.61 Å². The van der Waals surface area contributed by atoms with Gasteiger partial charge in [-0.25, -0.2) is 0 Å². The molecular formula is C14H18O2. The second kappa shape index (κ2) is 4.69. The highest BCUT2D eigenvalue weighted by Crippen LogP contribution is 2.30.